The summed E-state index contributed by atoms with van der Waals surface area (Å²) in [4.78, 5) is 4.04. The van der Waals surface area contributed by atoms with Crippen molar-refractivity contribution in [3.05, 3.63) is 35.8 Å². The Morgan fingerprint density at radius 2 is 2.24 bits per heavy atom. The summed E-state index contributed by atoms with van der Waals surface area (Å²) in [5.74, 6) is 0. The van der Waals surface area contributed by atoms with Crippen LogP contribution in [0.15, 0.2) is 29.6 Å². The Balaban J connectivity index is 1.79. The van der Waals surface area contributed by atoms with Gasteiger partial charge in [-0.3, -0.25) is 14.8 Å². The molecule has 1 aliphatic rings. The molecule has 2 heterocycles. The second-order valence-corrected chi connectivity index (χ2v) is 6.79. The molecular weight excluding hydrogens is 290 g/mol. The highest BCUT2D eigenvalue weighted by Crippen LogP contribution is 2.21. The summed E-state index contributed by atoms with van der Waals surface area (Å²) in [5, 5.41) is 9.80. The van der Waals surface area contributed by atoms with Crippen LogP contribution in [0.3, 0.4) is 0 Å². The standard InChI is InChI=1S/C13H17N5O2S/c1-9-6-12(4-5-14-9)18-21(19,20)13-10(8-16-17-13)7-15-11-2-3-11/h4-6,8,11,15H,2-3,7H2,1H3,(H,14,18)(H,16,17). The van der Waals surface area contributed by atoms with Gasteiger partial charge in [-0.1, -0.05) is 0 Å². The number of anilines is 1. The van der Waals surface area contributed by atoms with E-state index < -0.39 is 10.0 Å². The summed E-state index contributed by atoms with van der Waals surface area (Å²) in [6.45, 7) is 2.30. The molecule has 0 atom stereocenters. The molecule has 2 aromatic rings. The molecule has 112 valence electrons. The number of aromatic amines is 1. The van der Waals surface area contributed by atoms with Crippen molar-refractivity contribution < 1.29 is 8.42 Å². The van der Waals surface area contributed by atoms with Gasteiger partial charge in [0, 0.05) is 30.0 Å². The number of pyridine rings is 1. The largest absolute Gasteiger partial charge is 0.310 e. The van der Waals surface area contributed by atoms with Gasteiger partial charge in [-0.25, -0.2) is 0 Å². The summed E-state index contributed by atoms with van der Waals surface area (Å²) in [6, 6.07) is 3.80. The van der Waals surface area contributed by atoms with E-state index in [2.05, 4.69) is 25.2 Å². The van der Waals surface area contributed by atoms with Gasteiger partial charge in [-0.05, 0) is 31.9 Å². The Morgan fingerprint density at radius 1 is 1.43 bits per heavy atom. The summed E-state index contributed by atoms with van der Waals surface area (Å²) >= 11 is 0. The number of aryl methyl sites for hydroxylation is 1. The van der Waals surface area contributed by atoms with E-state index in [1.54, 1.807) is 31.5 Å². The summed E-state index contributed by atoms with van der Waals surface area (Å²) in [5.41, 5.74) is 1.87. The number of rotatable bonds is 6. The maximum Gasteiger partial charge on any atom is 0.279 e. The third kappa shape index (κ3) is 3.40. The molecule has 0 bridgehead atoms. The molecular formula is C13H17N5O2S. The van der Waals surface area contributed by atoms with Gasteiger partial charge < -0.3 is 5.32 Å². The lowest BCUT2D eigenvalue weighted by Gasteiger charge is -2.09. The van der Waals surface area contributed by atoms with Crippen molar-refractivity contribution in [1.29, 1.82) is 0 Å². The van der Waals surface area contributed by atoms with Crippen molar-refractivity contribution in [3.8, 4) is 0 Å². The zero-order valence-electron chi connectivity index (χ0n) is 11.6. The quantitative estimate of drug-likeness (QED) is 0.744. The van der Waals surface area contributed by atoms with E-state index >= 15 is 0 Å². The topological polar surface area (TPSA) is 99.8 Å². The molecule has 7 nitrogen and oxygen atoms in total. The average Bonchev–Trinajstić information content (AvgIpc) is 3.12. The molecule has 21 heavy (non-hydrogen) atoms. The second kappa shape index (κ2) is 5.45. The fourth-order valence-electron chi connectivity index (χ4n) is 2.01. The fraction of sp³-hybridized carbons (Fsp3) is 0.385. The van der Waals surface area contributed by atoms with Crippen LogP contribution in [0.4, 0.5) is 5.69 Å². The van der Waals surface area contributed by atoms with Crippen LogP contribution in [0.2, 0.25) is 0 Å². The van der Waals surface area contributed by atoms with Crippen LogP contribution >= 0.6 is 0 Å². The molecule has 0 radical (unpaired) electrons. The molecule has 1 aliphatic carbocycles. The van der Waals surface area contributed by atoms with E-state index in [1.807, 2.05) is 0 Å². The molecule has 0 aromatic carbocycles. The number of aromatic nitrogens is 3. The lowest BCUT2D eigenvalue weighted by Crippen LogP contribution is -2.20. The Labute approximate surface area is 123 Å². The molecule has 0 saturated heterocycles. The minimum absolute atomic E-state index is 0.102. The third-order valence-electron chi connectivity index (χ3n) is 3.25. The highest BCUT2D eigenvalue weighted by molar-refractivity contribution is 7.92. The monoisotopic (exact) mass is 307 g/mol. The van der Waals surface area contributed by atoms with Gasteiger partial charge in [0.1, 0.15) is 0 Å². The van der Waals surface area contributed by atoms with Gasteiger partial charge >= 0.3 is 0 Å². The molecule has 1 saturated carbocycles. The number of hydrogen-bond donors (Lipinski definition) is 3. The molecule has 0 amide bonds. The molecule has 3 rings (SSSR count). The van der Waals surface area contributed by atoms with Gasteiger partial charge in [0.15, 0.2) is 5.03 Å². The van der Waals surface area contributed by atoms with Crippen LogP contribution in [0, 0.1) is 6.92 Å². The number of hydrogen-bond acceptors (Lipinski definition) is 5. The summed E-state index contributed by atoms with van der Waals surface area (Å²) in [7, 11) is -3.68. The van der Waals surface area contributed by atoms with E-state index in [1.165, 1.54) is 0 Å². The average molecular weight is 307 g/mol. The van der Waals surface area contributed by atoms with Gasteiger partial charge in [0.05, 0.1) is 11.9 Å². The minimum atomic E-state index is -3.68. The molecule has 0 aliphatic heterocycles. The molecule has 8 heteroatoms. The number of sulfonamides is 1. The Bertz CT molecular complexity index is 737. The van der Waals surface area contributed by atoms with Crippen LogP contribution in [0.5, 0.6) is 0 Å². The second-order valence-electron chi connectivity index (χ2n) is 5.17. The van der Waals surface area contributed by atoms with Gasteiger partial charge in [0.2, 0.25) is 0 Å². The van der Waals surface area contributed by atoms with Crippen molar-refractivity contribution in [2.45, 2.75) is 37.4 Å². The van der Waals surface area contributed by atoms with Gasteiger partial charge in [-0.2, -0.15) is 13.5 Å². The number of nitrogens with one attached hydrogen (secondary N) is 3. The van der Waals surface area contributed by atoms with Crippen molar-refractivity contribution in [2.75, 3.05) is 4.72 Å². The van der Waals surface area contributed by atoms with Crippen LogP contribution in [-0.2, 0) is 16.6 Å². The first-order valence-corrected chi connectivity index (χ1v) is 8.24. The van der Waals surface area contributed by atoms with E-state index in [-0.39, 0.29) is 5.03 Å². The lowest BCUT2D eigenvalue weighted by molar-refractivity contribution is 0.593. The number of H-pyrrole nitrogens is 1. The molecule has 0 spiro atoms. The predicted molar refractivity (Wildman–Crippen MR) is 78.2 cm³/mol. The maximum atomic E-state index is 12.4. The first-order chi connectivity index (χ1) is 10.0. The molecule has 1 fully saturated rings. The molecule has 2 aromatic heterocycles. The zero-order valence-corrected chi connectivity index (χ0v) is 12.4. The molecule has 0 unspecified atom stereocenters. The maximum absolute atomic E-state index is 12.4. The summed E-state index contributed by atoms with van der Waals surface area (Å²) < 4.78 is 27.4. The SMILES string of the molecule is Cc1cc(NS(=O)(=O)c2[nH]ncc2CNC2CC2)ccn1. The van der Waals surface area contributed by atoms with E-state index in [9.17, 15) is 8.42 Å². The lowest BCUT2D eigenvalue weighted by atomic mass is 10.3. The van der Waals surface area contributed by atoms with Gasteiger partial charge in [0.25, 0.3) is 10.0 Å². The zero-order chi connectivity index (χ0) is 14.9. The van der Waals surface area contributed by atoms with E-state index in [0.29, 0.717) is 23.8 Å². The highest BCUT2D eigenvalue weighted by Gasteiger charge is 2.24. The molecule has 3 N–H and O–H groups in total. The first-order valence-electron chi connectivity index (χ1n) is 6.76. The predicted octanol–water partition coefficient (Wildman–Crippen LogP) is 1.17. The fourth-order valence-corrected chi connectivity index (χ4v) is 3.20. The Kier molecular flexibility index (Phi) is 3.64. The minimum Gasteiger partial charge on any atom is -0.310 e. The van der Waals surface area contributed by atoms with Crippen LogP contribution < -0.4 is 10.0 Å². The third-order valence-corrected chi connectivity index (χ3v) is 4.65. The van der Waals surface area contributed by atoms with E-state index in [0.717, 1.165) is 18.5 Å². The van der Waals surface area contributed by atoms with Gasteiger partial charge in [-0.15, -0.1) is 0 Å². The Morgan fingerprint density at radius 3 is 2.95 bits per heavy atom. The summed E-state index contributed by atoms with van der Waals surface area (Å²) in [6.07, 6.45) is 5.40. The number of nitrogens with zero attached hydrogens (tertiary/aromatic N) is 2. The van der Waals surface area contributed by atoms with Crippen LogP contribution in [-0.4, -0.2) is 29.6 Å². The van der Waals surface area contributed by atoms with E-state index in [4.69, 9.17) is 0 Å². The van der Waals surface area contributed by atoms with Crippen molar-refractivity contribution in [2.24, 2.45) is 0 Å². The highest BCUT2D eigenvalue weighted by atomic mass is 32.2. The van der Waals surface area contributed by atoms with Crippen molar-refractivity contribution in [1.82, 2.24) is 20.5 Å². The van der Waals surface area contributed by atoms with Crippen LogP contribution in [0.25, 0.3) is 0 Å². The van der Waals surface area contributed by atoms with Crippen molar-refractivity contribution >= 4 is 15.7 Å². The van der Waals surface area contributed by atoms with Crippen LogP contribution in [0.1, 0.15) is 24.1 Å². The van der Waals surface area contributed by atoms with Crippen molar-refractivity contribution in [3.63, 3.8) is 0 Å². The Hall–Kier alpha value is -1.93. The smallest absolute Gasteiger partial charge is 0.279 e. The normalized spacial score (nSPS) is 15.1. The first kappa shape index (κ1) is 14.0.